The van der Waals surface area contributed by atoms with Crippen LogP contribution in [-0.4, -0.2) is 83.4 Å². The molecule has 1 atom stereocenters. The molecule has 1 saturated heterocycles. The van der Waals surface area contributed by atoms with Gasteiger partial charge < -0.3 is 24.0 Å². The number of aliphatic hydroxyl groups excluding tert-OH is 1. The summed E-state index contributed by atoms with van der Waals surface area (Å²) in [5.41, 5.74) is 2.31. The van der Waals surface area contributed by atoms with Gasteiger partial charge in [0, 0.05) is 63.3 Å². The fourth-order valence-electron chi connectivity index (χ4n) is 3.89. The fourth-order valence-corrected chi connectivity index (χ4v) is 3.89. The lowest BCUT2D eigenvalue weighted by Crippen LogP contribution is -2.50. The number of aryl methyl sites for hydroxylation is 1. The molecule has 0 unspecified atom stereocenters. The van der Waals surface area contributed by atoms with E-state index in [-0.39, 0.29) is 18.5 Å². The number of aromatic nitrogens is 1. The van der Waals surface area contributed by atoms with E-state index in [2.05, 4.69) is 4.90 Å². The third-order valence-corrected chi connectivity index (χ3v) is 5.67. The van der Waals surface area contributed by atoms with Gasteiger partial charge in [-0.3, -0.25) is 9.69 Å². The second-order valence-electron chi connectivity index (χ2n) is 7.69. The van der Waals surface area contributed by atoms with Crippen molar-refractivity contribution in [2.24, 2.45) is 7.05 Å². The highest BCUT2D eigenvalue weighted by molar-refractivity contribution is 6.06. The molecule has 0 radical (unpaired) electrons. The Hall–Kier alpha value is -2.58. The first-order chi connectivity index (χ1) is 14.3. The van der Waals surface area contributed by atoms with Gasteiger partial charge in [-0.1, -0.05) is 0 Å². The van der Waals surface area contributed by atoms with Gasteiger partial charge in [0.15, 0.2) is 0 Å². The summed E-state index contributed by atoms with van der Waals surface area (Å²) in [5.74, 6) is 0.342. The van der Waals surface area contributed by atoms with Crippen LogP contribution in [0.15, 0.2) is 18.2 Å². The number of carbonyl (C=O) groups is 2. The Balaban J connectivity index is 1.63. The van der Waals surface area contributed by atoms with E-state index >= 15 is 0 Å². The molecule has 0 saturated carbocycles. The van der Waals surface area contributed by atoms with Gasteiger partial charge in [-0.15, -0.1) is 0 Å². The Morgan fingerprint density at radius 3 is 2.53 bits per heavy atom. The highest BCUT2D eigenvalue weighted by Gasteiger charge is 2.22. The topological polar surface area (TPSA) is 84.2 Å². The molecule has 2 heterocycles. The molecule has 1 amide bonds. The maximum atomic E-state index is 12.4. The standard InChI is InChI=1S/C22H31N3O5/c1-5-29-22(28)21-15(2)23(4)20-7-6-18(12-19(20)21)30-14-17(27)13-24-8-10-25(11-9-24)16(3)26/h6-7,12,17,27H,5,8-11,13-14H2,1-4H3/t17-/m1/s1. The zero-order valence-electron chi connectivity index (χ0n) is 18.2. The van der Waals surface area contributed by atoms with Crippen LogP contribution in [0.3, 0.4) is 0 Å². The first-order valence-electron chi connectivity index (χ1n) is 10.4. The number of hydrogen-bond acceptors (Lipinski definition) is 6. The molecule has 1 aromatic heterocycles. The van der Waals surface area contributed by atoms with Crippen molar-refractivity contribution in [2.45, 2.75) is 26.9 Å². The summed E-state index contributed by atoms with van der Waals surface area (Å²) in [5, 5.41) is 11.2. The number of benzene rings is 1. The maximum Gasteiger partial charge on any atom is 0.340 e. The molecule has 164 valence electrons. The molecule has 1 aliphatic heterocycles. The fraction of sp³-hybridized carbons (Fsp3) is 0.545. The van der Waals surface area contributed by atoms with Crippen molar-refractivity contribution in [3.63, 3.8) is 0 Å². The second kappa shape index (κ2) is 9.49. The molecule has 0 aliphatic carbocycles. The summed E-state index contributed by atoms with van der Waals surface area (Å²) in [6.45, 7) is 9.08. The molecule has 8 heteroatoms. The summed E-state index contributed by atoms with van der Waals surface area (Å²) in [6.07, 6.45) is -0.647. The molecule has 0 bridgehead atoms. The van der Waals surface area contributed by atoms with Gasteiger partial charge in [0.1, 0.15) is 18.5 Å². The largest absolute Gasteiger partial charge is 0.491 e. The normalized spacial score (nSPS) is 16.0. The van der Waals surface area contributed by atoms with Crippen LogP contribution in [0.1, 0.15) is 29.9 Å². The molecule has 3 rings (SSSR count). The van der Waals surface area contributed by atoms with Crippen molar-refractivity contribution in [1.82, 2.24) is 14.4 Å². The molecule has 1 fully saturated rings. The minimum absolute atomic E-state index is 0.0901. The summed E-state index contributed by atoms with van der Waals surface area (Å²) in [4.78, 5) is 27.8. The number of hydrogen-bond donors (Lipinski definition) is 1. The highest BCUT2D eigenvalue weighted by Crippen LogP contribution is 2.29. The minimum Gasteiger partial charge on any atom is -0.491 e. The number of esters is 1. The van der Waals surface area contributed by atoms with Crippen LogP contribution in [0.2, 0.25) is 0 Å². The number of aliphatic hydroxyl groups is 1. The van der Waals surface area contributed by atoms with Gasteiger partial charge in [-0.05, 0) is 32.0 Å². The number of rotatable bonds is 7. The van der Waals surface area contributed by atoms with Crippen molar-refractivity contribution in [1.29, 1.82) is 0 Å². The predicted molar refractivity (Wildman–Crippen MR) is 114 cm³/mol. The van der Waals surface area contributed by atoms with Gasteiger partial charge in [0.25, 0.3) is 0 Å². The van der Waals surface area contributed by atoms with Crippen LogP contribution in [-0.2, 0) is 16.6 Å². The van der Waals surface area contributed by atoms with Crippen LogP contribution >= 0.6 is 0 Å². The van der Waals surface area contributed by atoms with Gasteiger partial charge in [0.05, 0.1) is 12.2 Å². The van der Waals surface area contributed by atoms with E-state index in [0.717, 1.165) is 29.7 Å². The first kappa shape index (κ1) is 22.1. The average molecular weight is 418 g/mol. The quantitative estimate of drug-likeness (QED) is 0.689. The Labute approximate surface area is 176 Å². The monoisotopic (exact) mass is 417 g/mol. The van der Waals surface area contributed by atoms with Crippen LogP contribution in [0.4, 0.5) is 0 Å². The predicted octanol–water partition coefficient (Wildman–Crippen LogP) is 1.57. The van der Waals surface area contributed by atoms with E-state index < -0.39 is 6.10 Å². The maximum absolute atomic E-state index is 12.4. The Bertz CT molecular complexity index is 915. The van der Waals surface area contributed by atoms with Crippen molar-refractivity contribution in [3.05, 3.63) is 29.5 Å². The lowest BCUT2D eigenvalue weighted by Gasteiger charge is -2.35. The summed E-state index contributed by atoms with van der Waals surface area (Å²) >= 11 is 0. The van der Waals surface area contributed by atoms with Gasteiger partial charge in [0.2, 0.25) is 5.91 Å². The minimum atomic E-state index is -0.647. The van der Waals surface area contributed by atoms with E-state index in [1.165, 1.54) is 0 Å². The number of ether oxygens (including phenoxy) is 2. The number of piperazine rings is 1. The lowest BCUT2D eigenvalue weighted by atomic mass is 10.1. The molecule has 0 spiro atoms. The molecular formula is C22H31N3O5. The summed E-state index contributed by atoms with van der Waals surface area (Å²) in [6, 6.07) is 5.58. The van der Waals surface area contributed by atoms with E-state index in [1.807, 2.05) is 41.6 Å². The van der Waals surface area contributed by atoms with Gasteiger partial charge in [-0.2, -0.15) is 0 Å². The Morgan fingerprint density at radius 2 is 1.90 bits per heavy atom. The number of β-amino-alcohol motifs (C(OH)–C–C–N with tert-alkyl or cyclic N) is 1. The number of amides is 1. The number of nitrogens with zero attached hydrogens (tertiary/aromatic N) is 3. The van der Waals surface area contributed by atoms with E-state index in [0.29, 0.717) is 37.6 Å². The Kier molecular flexibility index (Phi) is 6.99. The van der Waals surface area contributed by atoms with E-state index in [4.69, 9.17) is 9.47 Å². The molecule has 2 aromatic rings. The molecule has 8 nitrogen and oxygen atoms in total. The molecular weight excluding hydrogens is 386 g/mol. The third-order valence-electron chi connectivity index (χ3n) is 5.67. The second-order valence-corrected chi connectivity index (χ2v) is 7.69. The lowest BCUT2D eigenvalue weighted by molar-refractivity contribution is -0.130. The molecule has 1 aromatic carbocycles. The Morgan fingerprint density at radius 1 is 1.20 bits per heavy atom. The van der Waals surface area contributed by atoms with Gasteiger partial charge >= 0.3 is 5.97 Å². The molecule has 30 heavy (non-hydrogen) atoms. The van der Waals surface area contributed by atoms with Crippen molar-refractivity contribution >= 4 is 22.8 Å². The summed E-state index contributed by atoms with van der Waals surface area (Å²) < 4.78 is 13.0. The van der Waals surface area contributed by atoms with Gasteiger partial charge in [-0.25, -0.2) is 4.79 Å². The average Bonchev–Trinajstić information content (AvgIpc) is 2.97. The van der Waals surface area contributed by atoms with E-state index in [9.17, 15) is 14.7 Å². The zero-order valence-corrected chi connectivity index (χ0v) is 18.2. The summed E-state index contributed by atoms with van der Waals surface area (Å²) in [7, 11) is 1.91. The number of fused-ring (bicyclic) bond motifs is 1. The van der Waals surface area contributed by atoms with E-state index in [1.54, 1.807) is 13.8 Å². The van der Waals surface area contributed by atoms with Crippen molar-refractivity contribution in [3.8, 4) is 5.75 Å². The number of carbonyl (C=O) groups excluding carboxylic acids is 2. The van der Waals surface area contributed by atoms with Crippen LogP contribution in [0.25, 0.3) is 10.9 Å². The SMILES string of the molecule is CCOC(=O)c1c(C)n(C)c2ccc(OC[C@H](O)CN3CCN(C(C)=O)CC3)cc12. The molecule has 1 N–H and O–H groups in total. The van der Waals surface area contributed by atoms with Crippen molar-refractivity contribution in [2.75, 3.05) is 45.9 Å². The van der Waals surface area contributed by atoms with Crippen molar-refractivity contribution < 1.29 is 24.2 Å². The smallest absolute Gasteiger partial charge is 0.340 e. The van der Waals surface area contributed by atoms with Crippen LogP contribution in [0, 0.1) is 6.92 Å². The third kappa shape index (κ3) is 4.76. The zero-order chi connectivity index (χ0) is 21.8. The first-order valence-corrected chi connectivity index (χ1v) is 10.4. The highest BCUT2D eigenvalue weighted by atomic mass is 16.5. The van der Waals surface area contributed by atoms with Crippen LogP contribution < -0.4 is 4.74 Å². The molecule has 1 aliphatic rings. The van der Waals surface area contributed by atoms with Crippen LogP contribution in [0.5, 0.6) is 5.75 Å².